The summed E-state index contributed by atoms with van der Waals surface area (Å²) < 4.78 is 2.27. The van der Waals surface area contributed by atoms with E-state index in [4.69, 9.17) is 0 Å². The number of ketones is 1. The number of aryl methyl sites for hydroxylation is 1. The molecular weight excluding hydrogens is 408 g/mol. The molecular formula is C20H22N4O5S. The smallest absolute Gasteiger partial charge is 0.332 e. The van der Waals surface area contributed by atoms with Crippen LogP contribution < -0.4 is 11.2 Å². The highest BCUT2D eigenvalue weighted by Gasteiger charge is 2.24. The molecule has 0 fully saturated rings. The summed E-state index contributed by atoms with van der Waals surface area (Å²) in [6.45, 7) is 5.73. The number of nitrogens with zero attached hydrogens (tertiary/aromatic N) is 4. The van der Waals surface area contributed by atoms with Crippen molar-refractivity contribution in [2.45, 2.75) is 31.2 Å². The van der Waals surface area contributed by atoms with Crippen LogP contribution in [0.15, 0.2) is 32.8 Å². The van der Waals surface area contributed by atoms with Crippen LogP contribution in [0.25, 0.3) is 11.0 Å². The highest BCUT2D eigenvalue weighted by Crippen LogP contribution is 2.29. The van der Waals surface area contributed by atoms with Gasteiger partial charge in [0, 0.05) is 25.1 Å². The van der Waals surface area contributed by atoms with Gasteiger partial charge in [-0.1, -0.05) is 32.5 Å². The molecule has 3 aromatic rings. The van der Waals surface area contributed by atoms with Crippen LogP contribution in [0.4, 0.5) is 0 Å². The van der Waals surface area contributed by atoms with Crippen LogP contribution in [-0.2, 0) is 19.5 Å². The van der Waals surface area contributed by atoms with Crippen molar-refractivity contribution in [1.82, 2.24) is 19.1 Å². The highest BCUT2D eigenvalue weighted by atomic mass is 32.2. The van der Waals surface area contributed by atoms with Crippen molar-refractivity contribution in [3.63, 3.8) is 0 Å². The number of carbonyl (C=O) groups is 1. The number of phenolic OH excluding ortho intramolecular Hbond substituents is 2. The lowest BCUT2D eigenvalue weighted by Crippen LogP contribution is -2.38. The van der Waals surface area contributed by atoms with Gasteiger partial charge in [-0.05, 0) is 18.2 Å². The summed E-state index contributed by atoms with van der Waals surface area (Å²) in [6, 6.07) is 3.82. The van der Waals surface area contributed by atoms with Gasteiger partial charge in [-0.15, -0.1) is 0 Å². The Bertz CT molecular complexity index is 1290. The summed E-state index contributed by atoms with van der Waals surface area (Å²) >= 11 is 1.06. The average molecular weight is 430 g/mol. The van der Waals surface area contributed by atoms with E-state index in [0.717, 1.165) is 16.3 Å². The number of aromatic hydroxyl groups is 2. The van der Waals surface area contributed by atoms with Gasteiger partial charge in [-0.2, -0.15) is 0 Å². The zero-order chi connectivity index (χ0) is 22.4. The zero-order valence-corrected chi connectivity index (χ0v) is 18.1. The molecule has 0 atom stereocenters. The molecule has 0 amide bonds. The normalized spacial score (nSPS) is 11.8. The fourth-order valence-corrected chi connectivity index (χ4v) is 3.69. The predicted octanol–water partition coefficient (Wildman–Crippen LogP) is 1.71. The molecule has 1 aromatic carbocycles. The highest BCUT2D eigenvalue weighted by molar-refractivity contribution is 8.00. The molecule has 0 radical (unpaired) electrons. The number of hydrogen-bond donors (Lipinski definition) is 2. The third-order valence-electron chi connectivity index (χ3n) is 4.57. The molecule has 3 rings (SSSR count). The van der Waals surface area contributed by atoms with E-state index in [2.05, 4.69) is 9.97 Å². The Labute approximate surface area is 176 Å². The first kappa shape index (κ1) is 21.6. The molecule has 10 heteroatoms. The number of phenols is 2. The molecule has 0 saturated carbocycles. The molecule has 0 aliphatic heterocycles. The zero-order valence-electron chi connectivity index (χ0n) is 17.3. The lowest BCUT2D eigenvalue weighted by molar-refractivity contribution is 0.102. The van der Waals surface area contributed by atoms with E-state index < -0.39 is 22.4 Å². The van der Waals surface area contributed by atoms with Gasteiger partial charge < -0.3 is 10.2 Å². The van der Waals surface area contributed by atoms with Gasteiger partial charge in [0.15, 0.2) is 22.9 Å². The van der Waals surface area contributed by atoms with Crippen LogP contribution in [0.2, 0.25) is 0 Å². The van der Waals surface area contributed by atoms with Crippen molar-refractivity contribution >= 4 is 28.6 Å². The van der Waals surface area contributed by atoms with E-state index >= 15 is 0 Å². The van der Waals surface area contributed by atoms with Gasteiger partial charge in [0.1, 0.15) is 16.2 Å². The van der Waals surface area contributed by atoms with Gasteiger partial charge in [0.05, 0.1) is 5.75 Å². The van der Waals surface area contributed by atoms with Crippen LogP contribution in [0.5, 0.6) is 11.5 Å². The first-order valence-corrected chi connectivity index (χ1v) is 10.1. The minimum Gasteiger partial charge on any atom is -0.504 e. The second-order valence-electron chi connectivity index (χ2n) is 7.92. The van der Waals surface area contributed by atoms with Crippen LogP contribution >= 0.6 is 11.8 Å². The van der Waals surface area contributed by atoms with Crippen LogP contribution in [0.1, 0.15) is 37.0 Å². The number of Topliss-reactive ketones (excluding diaryl/α,β-unsaturated/α-hetero) is 1. The number of carbonyl (C=O) groups excluding carboxylic acids is 1. The number of rotatable bonds is 4. The molecule has 2 aromatic heterocycles. The van der Waals surface area contributed by atoms with Crippen molar-refractivity contribution in [3.05, 3.63) is 50.4 Å². The maximum Gasteiger partial charge on any atom is 0.332 e. The third-order valence-corrected chi connectivity index (χ3v) is 5.55. The Balaban J connectivity index is 2.12. The van der Waals surface area contributed by atoms with Gasteiger partial charge >= 0.3 is 5.69 Å². The average Bonchev–Trinajstić information content (AvgIpc) is 2.69. The lowest BCUT2D eigenvalue weighted by Gasteiger charge is -2.19. The number of aromatic nitrogens is 4. The molecule has 9 nitrogen and oxygen atoms in total. The predicted molar refractivity (Wildman–Crippen MR) is 114 cm³/mol. The summed E-state index contributed by atoms with van der Waals surface area (Å²) in [5.41, 5.74) is -1.07. The standard InChI is InChI=1S/C20H22N4O5S/c1-20(2,3)18-21-15-14(17(28)24(5)19(29)23(15)4)16(22-18)30-9-13(27)10-6-7-11(25)12(26)8-10/h6-8,25-26H,9H2,1-5H3. The van der Waals surface area contributed by atoms with E-state index in [9.17, 15) is 24.6 Å². The summed E-state index contributed by atoms with van der Waals surface area (Å²) in [5, 5.41) is 19.5. The minimum absolute atomic E-state index is 0.0636. The van der Waals surface area contributed by atoms with Crippen molar-refractivity contribution in [2.24, 2.45) is 14.1 Å². The molecule has 0 unspecified atom stereocenters. The van der Waals surface area contributed by atoms with Gasteiger partial charge in [0.2, 0.25) is 0 Å². The first-order chi connectivity index (χ1) is 13.9. The molecule has 158 valence electrons. The quantitative estimate of drug-likeness (QED) is 0.277. The molecule has 30 heavy (non-hydrogen) atoms. The van der Waals surface area contributed by atoms with Crippen molar-refractivity contribution in [3.8, 4) is 11.5 Å². The molecule has 0 aliphatic rings. The number of hydrogen-bond acceptors (Lipinski definition) is 8. The molecule has 2 N–H and O–H groups in total. The Hall–Kier alpha value is -3.14. The van der Waals surface area contributed by atoms with E-state index in [0.29, 0.717) is 10.9 Å². The maximum atomic E-state index is 12.8. The Morgan fingerprint density at radius 3 is 2.33 bits per heavy atom. The summed E-state index contributed by atoms with van der Waals surface area (Å²) in [5.74, 6) is -0.653. The van der Waals surface area contributed by atoms with Gasteiger partial charge in [-0.25, -0.2) is 14.8 Å². The lowest BCUT2D eigenvalue weighted by atomic mass is 9.96. The Morgan fingerprint density at radius 2 is 1.73 bits per heavy atom. The van der Waals surface area contributed by atoms with E-state index in [1.165, 1.54) is 36.9 Å². The van der Waals surface area contributed by atoms with Gasteiger partial charge in [-0.3, -0.25) is 18.7 Å². The third kappa shape index (κ3) is 3.82. The largest absolute Gasteiger partial charge is 0.504 e. The van der Waals surface area contributed by atoms with Crippen molar-refractivity contribution < 1.29 is 15.0 Å². The molecule has 0 bridgehead atoms. The topological polar surface area (TPSA) is 127 Å². The summed E-state index contributed by atoms with van der Waals surface area (Å²) in [4.78, 5) is 46.7. The SMILES string of the molecule is Cn1c(=O)c2c(SCC(=O)c3ccc(O)c(O)c3)nc(C(C)(C)C)nc2n(C)c1=O. The van der Waals surface area contributed by atoms with Crippen molar-refractivity contribution in [2.75, 3.05) is 5.75 Å². The van der Waals surface area contributed by atoms with Crippen LogP contribution in [-0.4, -0.2) is 40.9 Å². The fraction of sp³-hybridized carbons (Fsp3) is 0.350. The second kappa shape index (κ2) is 7.60. The van der Waals surface area contributed by atoms with E-state index in [-0.39, 0.29) is 33.9 Å². The molecule has 0 aliphatic carbocycles. The summed E-state index contributed by atoms with van der Waals surface area (Å²) in [7, 11) is 2.91. The van der Waals surface area contributed by atoms with Crippen LogP contribution in [0, 0.1) is 0 Å². The number of benzene rings is 1. The number of fused-ring (bicyclic) bond motifs is 1. The minimum atomic E-state index is -0.536. The molecule has 2 heterocycles. The second-order valence-corrected chi connectivity index (χ2v) is 8.89. The summed E-state index contributed by atoms with van der Waals surface area (Å²) in [6.07, 6.45) is 0. The van der Waals surface area contributed by atoms with Crippen molar-refractivity contribution in [1.29, 1.82) is 0 Å². The fourth-order valence-electron chi connectivity index (χ4n) is 2.78. The molecule has 0 spiro atoms. The monoisotopic (exact) mass is 430 g/mol. The first-order valence-electron chi connectivity index (χ1n) is 9.08. The van der Waals surface area contributed by atoms with E-state index in [1.54, 1.807) is 0 Å². The van der Waals surface area contributed by atoms with Gasteiger partial charge in [0.25, 0.3) is 5.56 Å². The van der Waals surface area contributed by atoms with E-state index in [1.807, 2.05) is 20.8 Å². The maximum absolute atomic E-state index is 12.8. The number of thioether (sulfide) groups is 1. The Kier molecular flexibility index (Phi) is 5.46. The Morgan fingerprint density at radius 1 is 1.07 bits per heavy atom. The molecule has 0 saturated heterocycles. The van der Waals surface area contributed by atoms with Crippen LogP contribution in [0.3, 0.4) is 0 Å².